The fourth-order valence-electron chi connectivity index (χ4n) is 5.59. The second-order valence-electron chi connectivity index (χ2n) is 9.78. The van der Waals surface area contributed by atoms with Crippen LogP contribution in [0, 0.1) is 12.8 Å². The molecule has 1 aromatic carbocycles. The largest absolute Gasteiger partial charge is 0.367 e. The number of nitrogens with one attached hydrogen (secondary N) is 2. The van der Waals surface area contributed by atoms with Crippen LogP contribution in [0.3, 0.4) is 0 Å². The first-order valence-corrected chi connectivity index (χ1v) is 12.3. The van der Waals surface area contributed by atoms with E-state index in [1.165, 1.54) is 25.7 Å². The fourth-order valence-corrected chi connectivity index (χ4v) is 5.59. The summed E-state index contributed by atoms with van der Waals surface area (Å²) in [4.78, 5) is 36.7. The summed E-state index contributed by atoms with van der Waals surface area (Å²) in [5.41, 5.74) is 2.79. The molecule has 2 aromatic rings. The van der Waals surface area contributed by atoms with Crippen LogP contribution in [-0.2, 0) is 16.0 Å². The van der Waals surface area contributed by atoms with Gasteiger partial charge in [-0.05, 0) is 56.6 Å². The molecular weight excluding hydrogens is 414 g/mol. The van der Waals surface area contributed by atoms with Gasteiger partial charge in [0.25, 0.3) is 0 Å². The van der Waals surface area contributed by atoms with Crippen molar-refractivity contribution in [1.82, 2.24) is 14.9 Å². The van der Waals surface area contributed by atoms with Gasteiger partial charge in [-0.25, -0.2) is 9.97 Å². The Morgan fingerprint density at radius 3 is 2.67 bits per heavy atom. The van der Waals surface area contributed by atoms with Gasteiger partial charge in [-0.3, -0.25) is 9.59 Å². The molecule has 0 unspecified atom stereocenters. The number of anilines is 2. The minimum atomic E-state index is -0.375. The predicted molar refractivity (Wildman–Crippen MR) is 128 cm³/mol. The van der Waals surface area contributed by atoms with Crippen molar-refractivity contribution in [3.05, 3.63) is 47.4 Å². The summed E-state index contributed by atoms with van der Waals surface area (Å²) >= 11 is 0. The molecule has 5 rings (SSSR count). The number of benzene rings is 1. The van der Waals surface area contributed by atoms with Gasteiger partial charge in [-0.15, -0.1) is 0 Å². The predicted octanol–water partition coefficient (Wildman–Crippen LogP) is 4.05. The Labute approximate surface area is 195 Å². The third kappa shape index (κ3) is 5.02. The van der Waals surface area contributed by atoms with E-state index in [9.17, 15) is 9.59 Å². The number of nitrogens with zero attached hydrogens (tertiary/aromatic N) is 3. The molecule has 1 atom stereocenters. The van der Waals surface area contributed by atoms with Crippen molar-refractivity contribution < 1.29 is 9.59 Å². The van der Waals surface area contributed by atoms with E-state index >= 15 is 0 Å². The third-order valence-electron chi connectivity index (χ3n) is 7.32. The molecule has 3 heterocycles. The first-order chi connectivity index (χ1) is 16.0. The third-order valence-corrected chi connectivity index (χ3v) is 7.32. The van der Waals surface area contributed by atoms with Crippen molar-refractivity contribution in [3.63, 3.8) is 0 Å². The summed E-state index contributed by atoms with van der Waals surface area (Å²) in [7, 11) is 0. The summed E-state index contributed by atoms with van der Waals surface area (Å²) in [5.74, 6) is 1.89. The molecule has 2 aliphatic heterocycles. The molecule has 33 heavy (non-hydrogen) atoms. The Bertz CT molecular complexity index is 1030. The van der Waals surface area contributed by atoms with Crippen LogP contribution in [-0.4, -0.2) is 45.8 Å². The van der Waals surface area contributed by atoms with Crippen molar-refractivity contribution in [1.29, 1.82) is 0 Å². The lowest BCUT2D eigenvalue weighted by Gasteiger charge is -2.35. The van der Waals surface area contributed by atoms with Crippen molar-refractivity contribution in [2.24, 2.45) is 5.92 Å². The van der Waals surface area contributed by atoms with E-state index in [0.717, 1.165) is 60.9 Å². The highest BCUT2D eigenvalue weighted by Gasteiger charge is 2.34. The zero-order chi connectivity index (χ0) is 22.8. The molecule has 0 spiro atoms. The molecule has 7 heteroatoms. The van der Waals surface area contributed by atoms with Gasteiger partial charge >= 0.3 is 0 Å². The summed E-state index contributed by atoms with van der Waals surface area (Å²) in [6.45, 7) is 3.44. The first-order valence-electron chi connectivity index (χ1n) is 12.3. The monoisotopic (exact) mass is 447 g/mol. The molecule has 0 bridgehead atoms. The molecule has 2 N–H and O–H groups in total. The van der Waals surface area contributed by atoms with E-state index < -0.39 is 0 Å². The van der Waals surface area contributed by atoms with E-state index in [1.807, 2.05) is 36.1 Å². The van der Waals surface area contributed by atoms with Crippen LogP contribution in [0.15, 0.2) is 30.3 Å². The van der Waals surface area contributed by atoms with Crippen molar-refractivity contribution in [3.8, 4) is 0 Å². The molecule has 174 valence electrons. The number of carbonyl (C=O) groups excluding carboxylic acids is 2. The zero-order valence-corrected chi connectivity index (χ0v) is 19.3. The SMILES string of the molecule is Cc1nc(CC2CCN(C(=O)[C@H]3CC(=O)Nc4ccccc43)CC2)cc(NC2CCCC2)n1. The van der Waals surface area contributed by atoms with Crippen molar-refractivity contribution in [2.75, 3.05) is 23.7 Å². The lowest BCUT2D eigenvalue weighted by atomic mass is 9.87. The van der Waals surface area contributed by atoms with E-state index in [1.54, 1.807) is 0 Å². The number of rotatable bonds is 5. The number of piperidine rings is 1. The average molecular weight is 448 g/mol. The molecule has 1 saturated carbocycles. The molecule has 1 aromatic heterocycles. The molecule has 1 aliphatic carbocycles. The maximum absolute atomic E-state index is 13.3. The minimum absolute atomic E-state index is 0.0803. The fraction of sp³-hybridized carbons (Fsp3) is 0.538. The highest BCUT2D eigenvalue weighted by atomic mass is 16.2. The van der Waals surface area contributed by atoms with Crippen LogP contribution in [0.25, 0.3) is 0 Å². The first kappa shape index (κ1) is 21.9. The van der Waals surface area contributed by atoms with Crippen LogP contribution < -0.4 is 10.6 Å². The number of aryl methyl sites for hydroxylation is 1. The van der Waals surface area contributed by atoms with Crippen LogP contribution >= 0.6 is 0 Å². The van der Waals surface area contributed by atoms with Gasteiger partial charge in [0.1, 0.15) is 11.6 Å². The molecule has 7 nitrogen and oxygen atoms in total. The highest BCUT2D eigenvalue weighted by Crippen LogP contribution is 2.34. The average Bonchev–Trinajstić information content (AvgIpc) is 3.31. The van der Waals surface area contributed by atoms with Gasteiger partial charge in [-0.1, -0.05) is 31.0 Å². The summed E-state index contributed by atoms with van der Waals surface area (Å²) in [5, 5.41) is 6.48. The van der Waals surface area contributed by atoms with Gasteiger partial charge < -0.3 is 15.5 Å². The maximum Gasteiger partial charge on any atom is 0.230 e. The Morgan fingerprint density at radius 1 is 1.12 bits per heavy atom. The van der Waals surface area contributed by atoms with Crippen LogP contribution in [0.4, 0.5) is 11.5 Å². The Hall–Kier alpha value is -2.96. The molecule has 2 fully saturated rings. The minimum Gasteiger partial charge on any atom is -0.367 e. The quantitative estimate of drug-likeness (QED) is 0.722. The van der Waals surface area contributed by atoms with Crippen LogP contribution in [0.2, 0.25) is 0 Å². The van der Waals surface area contributed by atoms with E-state index in [-0.39, 0.29) is 24.2 Å². The maximum atomic E-state index is 13.3. The zero-order valence-electron chi connectivity index (χ0n) is 19.3. The van der Waals surface area contributed by atoms with Gasteiger partial charge in [0, 0.05) is 43.0 Å². The Morgan fingerprint density at radius 2 is 1.88 bits per heavy atom. The molecular formula is C26H33N5O2. The van der Waals surface area contributed by atoms with Crippen molar-refractivity contribution in [2.45, 2.75) is 70.3 Å². The van der Waals surface area contributed by atoms with Crippen LogP contribution in [0.5, 0.6) is 0 Å². The summed E-state index contributed by atoms with van der Waals surface area (Å²) < 4.78 is 0. The molecule has 1 saturated heterocycles. The van der Waals surface area contributed by atoms with Crippen LogP contribution in [0.1, 0.15) is 67.9 Å². The van der Waals surface area contributed by atoms with Gasteiger partial charge in [0.05, 0.1) is 5.92 Å². The highest BCUT2D eigenvalue weighted by molar-refractivity contribution is 6.01. The number of fused-ring (bicyclic) bond motifs is 1. The standard InChI is InChI=1S/C26H33N5O2/c1-17-27-20(15-24(28-17)29-19-6-2-3-7-19)14-18-10-12-31(13-11-18)26(33)22-16-25(32)30-23-9-5-4-8-21(22)23/h4-5,8-9,15,18-19,22H,2-3,6-7,10-14,16H2,1H3,(H,30,32)(H,27,28,29)/t22-/m0/s1. The molecule has 2 amide bonds. The van der Waals surface area contributed by atoms with E-state index in [4.69, 9.17) is 0 Å². The second kappa shape index (κ2) is 9.49. The Balaban J connectivity index is 1.19. The molecule has 3 aliphatic rings. The van der Waals surface area contributed by atoms with E-state index in [0.29, 0.717) is 12.0 Å². The number of hydrogen-bond acceptors (Lipinski definition) is 5. The normalized spacial score (nSPS) is 21.5. The number of likely N-dealkylation sites (tertiary alicyclic amines) is 1. The smallest absolute Gasteiger partial charge is 0.230 e. The summed E-state index contributed by atoms with van der Waals surface area (Å²) in [6.07, 6.45) is 8.09. The van der Waals surface area contributed by atoms with Gasteiger partial charge in [0.15, 0.2) is 0 Å². The molecule has 0 radical (unpaired) electrons. The summed E-state index contributed by atoms with van der Waals surface area (Å²) in [6, 6.07) is 10.3. The Kier molecular flexibility index (Phi) is 6.29. The number of para-hydroxylation sites is 1. The van der Waals surface area contributed by atoms with Gasteiger partial charge in [0.2, 0.25) is 11.8 Å². The number of carbonyl (C=O) groups is 2. The lowest BCUT2D eigenvalue weighted by molar-refractivity contribution is -0.136. The lowest BCUT2D eigenvalue weighted by Crippen LogP contribution is -2.43. The number of hydrogen-bond donors (Lipinski definition) is 2. The van der Waals surface area contributed by atoms with E-state index in [2.05, 4.69) is 26.7 Å². The topological polar surface area (TPSA) is 87.2 Å². The number of aromatic nitrogens is 2. The van der Waals surface area contributed by atoms with Crippen molar-refractivity contribution >= 4 is 23.3 Å². The second-order valence-corrected chi connectivity index (χ2v) is 9.78. The number of amides is 2. The van der Waals surface area contributed by atoms with Gasteiger partial charge in [-0.2, -0.15) is 0 Å².